The molecule has 0 spiro atoms. The van der Waals surface area contributed by atoms with E-state index in [1.54, 1.807) is 60.7 Å². The number of aromatic nitrogens is 3. The number of halogens is 1. The molecule has 0 aliphatic rings. The van der Waals surface area contributed by atoms with Gasteiger partial charge in [0.25, 0.3) is 11.5 Å². The predicted molar refractivity (Wildman–Crippen MR) is 122 cm³/mol. The SMILES string of the molecule is N#Cc1c(-c2ccc(NC(=O)c3ccncc3)cc2)nc(Nc2ccc(Cl)cc2)[nH]c1=O. The van der Waals surface area contributed by atoms with Gasteiger partial charge in [-0.2, -0.15) is 5.26 Å². The van der Waals surface area contributed by atoms with Gasteiger partial charge in [0.15, 0.2) is 0 Å². The van der Waals surface area contributed by atoms with Gasteiger partial charge in [-0.25, -0.2) is 4.98 Å². The van der Waals surface area contributed by atoms with E-state index in [0.717, 1.165) is 0 Å². The number of nitrogens with one attached hydrogen (secondary N) is 3. The molecular weight excluding hydrogens is 428 g/mol. The largest absolute Gasteiger partial charge is 0.326 e. The number of amides is 1. The van der Waals surface area contributed by atoms with Gasteiger partial charge in [0.1, 0.15) is 11.6 Å². The van der Waals surface area contributed by atoms with Gasteiger partial charge < -0.3 is 10.6 Å². The molecule has 0 atom stereocenters. The first-order valence-electron chi connectivity index (χ1n) is 9.42. The summed E-state index contributed by atoms with van der Waals surface area (Å²) in [6, 6.07) is 18.7. The molecule has 0 aliphatic carbocycles. The molecule has 4 aromatic rings. The fourth-order valence-electron chi connectivity index (χ4n) is 2.93. The lowest BCUT2D eigenvalue weighted by Gasteiger charge is -2.10. The monoisotopic (exact) mass is 442 g/mol. The minimum Gasteiger partial charge on any atom is -0.326 e. The van der Waals surface area contributed by atoms with Crippen LogP contribution in [0.2, 0.25) is 5.02 Å². The molecule has 4 rings (SSSR count). The lowest BCUT2D eigenvalue weighted by Crippen LogP contribution is -2.16. The summed E-state index contributed by atoms with van der Waals surface area (Å²) in [5.74, 6) is -0.0945. The van der Waals surface area contributed by atoms with Gasteiger partial charge in [0, 0.05) is 39.9 Å². The summed E-state index contributed by atoms with van der Waals surface area (Å²) < 4.78 is 0. The average Bonchev–Trinajstić information content (AvgIpc) is 2.81. The number of carbonyl (C=O) groups excluding carboxylic acids is 1. The molecule has 0 radical (unpaired) electrons. The number of pyridine rings is 1. The second-order valence-electron chi connectivity index (χ2n) is 6.65. The maximum absolute atomic E-state index is 12.4. The van der Waals surface area contributed by atoms with Crippen LogP contribution in [0.4, 0.5) is 17.3 Å². The van der Waals surface area contributed by atoms with Crippen molar-refractivity contribution in [1.82, 2.24) is 15.0 Å². The fraction of sp³-hybridized carbons (Fsp3) is 0. The summed E-state index contributed by atoms with van der Waals surface area (Å²) in [5, 5.41) is 15.8. The number of nitriles is 1. The van der Waals surface area contributed by atoms with E-state index in [9.17, 15) is 14.9 Å². The Bertz CT molecular complexity index is 1360. The first-order chi connectivity index (χ1) is 15.5. The third kappa shape index (κ3) is 4.64. The van der Waals surface area contributed by atoms with Crippen LogP contribution in [0.5, 0.6) is 0 Å². The van der Waals surface area contributed by atoms with Crippen LogP contribution in [0.1, 0.15) is 15.9 Å². The van der Waals surface area contributed by atoms with Gasteiger partial charge in [0.2, 0.25) is 5.95 Å². The summed E-state index contributed by atoms with van der Waals surface area (Å²) in [4.78, 5) is 35.6. The number of aromatic amines is 1. The van der Waals surface area contributed by atoms with Crippen LogP contribution in [-0.4, -0.2) is 20.9 Å². The quantitative estimate of drug-likeness (QED) is 0.422. The Balaban J connectivity index is 1.61. The summed E-state index contributed by atoms with van der Waals surface area (Å²) in [5.41, 5.74) is 1.79. The molecule has 0 bridgehead atoms. The van der Waals surface area contributed by atoms with E-state index in [2.05, 4.69) is 25.6 Å². The number of hydrogen-bond acceptors (Lipinski definition) is 6. The first kappa shape index (κ1) is 20.8. The summed E-state index contributed by atoms with van der Waals surface area (Å²) >= 11 is 5.90. The van der Waals surface area contributed by atoms with Crippen LogP contribution >= 0.6 is 11.6 Å². The molecule has 0 unspecified atom stereocenters. The van der Waals surface area contributed by atoms with Gasteiger partial charge in [-0.3, -0.25) is 19.6 Å². The zero-order valence-corrected chi connectivity index (χ0v) is 17.2. The lowest BCUT2D eigenvalue weighted by atomic mass is 10.1. The maximum atomic E-state index is 12.4. The molecule has 3 N–H and O–H groups in total. The summed E-state index contributed by atoms with van der Waals surface area (Å²) in [6.45, 7) is 0. The molecular formula is C23H15ClN6O2. The molecule has 9 heteroatoms. The lowest BCUT2D eigenvalue weighted by molar-refractivity contribution is 0.102. The standard InChI is InChI=1S/C23H15ClN6O2/c24-16-3-7-18(8-4-16)28-23-29-20(19(13-25)22(32)30-23)14-1-5-17(6-2-14)27-21(31)15-9-11-26-12-10-15/h1-12H,(H,27,31)(H2,28,29,30,32). The Morgan fingerprint density at radius 3 is 2.28 bits per heavy atom. The topological polar surface area (TPSA) is 124 Å². The van der Waals surface area contributed by atoms with Gasteiger partial charge in [-0.1, -0.05) is 23.7 Å². The number of benzene rings is 2. The normalized spacial score (nSPS) is 10.2. The Kier molecular flexibility index (Phi) is 5.92. The zero-order valence-electron chi connectivity index (χ0n) is 16.5. The van der Waals surface area contributed by atoms with Crippen molar-refractivity contribution in [3.8, 4) is 17.3 Å². The number of anilines is 3. The van der Waals surface area contributed by atoms with Crippen LogP contribution < -0.4 is 16.2 Å². The van der Waals surface area contributed by atoms with E-state index in [-0.39, 0.29) is 23.1 Å². The van der Waals surface area contributed by atoms with Crippen molar-refractivity contribution in [3.05, 3.63) is 99.6 Å². The average molecular weight is 443 g/mol. The molecule has 0 saturated carbocycles. The second kappa shape index (κ2) is 9.12. The van der Waals surface area contributed by atoms with Crippen LogP contribution in [-0.2, 0) is 0 Å². The van der Waals surface area contributed by atoms with Crippen molar-refractivity contribution in [2.75, 3.05) is 10.6 Å². The van der Waals surface area contributed by atoms with E-state index in [0.29, 0.717) is 27.5 Å². The molecule has 32 heavy (non-hydrogen) atoms. The predicted octanol–water partition coefficient (Wildman–Crippen LogP) is 4.35. The molecule has 8 nitrogen and oxygen atoms in total. The molecule has 2 heterocycles. The Hall–Kier alpha value is -4.48. The van der Waals surface area contributed by atoms with E-state index in [1.165, 1.54) is 12.4 Å². The molecule has 0 aliphatic heterocycles. The van der Waals surface area contributed by atoms with Crippen LogP contribution in [0.15, 0.2) is 77.9 Å². The van der Waals surface area contributed by atoms with Crippen LogP contribution in [0.3, 0.4) is 0 Å². The van der Waals surface area contributed by atoms with Crippen molar-refractivity contribution in [2.45, 2.75) is 0 Å². The second-order valence-corrected chi connectivity index (χ2v) is 7.09. The minimum absolute atomic E-state index is 0.111. The van der Waals surface area contributed by atoms with E-state index < -0.39 is 5.56 Å². The Morgan fingerprint density at radius 2 is 1.62 bits per heavy atom. The molecule has 1 amide bonds. The van der Waals surface area contributed by atoms with Crippen molar-refractivity contribution < 1.29 is 4.79 Å². The van der Waals surface area contributed by atoms with Gasteiger partial charge in [-0.05, 0) is 48.5 Å². The highest BCUT2D eigenvalue weighted by Gasteiger charge is 2.14. The first-order valence-corrected chi connectivity index (χ1v) is 9.80. The van der Waals surface area contributed by atoms with Crippen molar-refractivity contribution in [2.24, 2.45) is 0 Å². The molecule has 0 saturated heterocycles. The molecule has 156 valence electrons. The zero-order chi connectivity index (χ0) is 22.5. The fourth-order valence-corrected chi connectivity index (χ4v) is 3.06. The van der Waals surface area contributed by atoms with Crippen LogP contribution in [0.25, 0.3) is 11.3 Å². The van der Waals surface area contributed by atoms with E-state index in [4.69, 9.17) is 11.6 Å². The number of hydrogen-bond donors (Lipinski definition) is 3. The van der Waals surface area contributed by atoms with Crippen molar-refractivity contribution in [3.63, 3.8) is 0 Å². The number of nitrogens with zero attached hydrogens (tertiary/aromatic N) is 3. The summed E-state index contributed by atoms with van der Waals surface area (Å²) in [6.07, 6.45) is 3.07. The van der Waals surface area contributed by atoms with Gasteiger partial charge in [-0.15, -0.1) is 0 Å². The summed E-state index contributed by atoms with van der Waals surface area (Å²) in [7, 11) is 0. The van der Waals surface area contributed by atoms with Crippen molar-refractivity contribution >= 4 is 34.8 Å². The van der Waals surface area contributed by atoms with Gasteiger partial charge in [0.05, 0.1) is 5.69 Å². The number of carbonyl (C=O) groups is 1. The smallest absolute Gasteiger partial charge is 0.270 e. The third-order valence-corrected chi connectivity index (χ3v) is 4.75. The molecule has 2 aromatic carbocycles. The molecule has 0 fully saturated rings. The highest BCUT2D eigenvalue weighted by atomic mass is 35.5. The third-order valence-electron chi connectivity index (χ3n) is 4.50. The van der Waals surface area contributed by atoms with Gasteiger partial charge >= 0.3 is 0 Å². The maximum Gasteiger partial charge on any atom is 0.270 e. The Morgan fingerprint density at radius 1 is 0.969 bits per heavy atom. The Labute approximate surface area is 187 Å². The molecule has 2 aromatic heterocycles. The highest BCUT2D eigenvalue weighted by Crippen LogP contribution is 2.24. The number of H-pyrrole nitrogens is 1. The highest BCUT2D eigenvalue weighted by molar-refractivity contribution is 6.30. The number of rotatable bonds is 5. The van der Waals surface area contributed by atoms with E-state index >= 15 is 0 Å². The van der Waals surface area contributed by atoms with Crippen molar-refractivity contribution in [1.29, 1.82) is 5.26 Å². The van der Waals surface area contributed by atoms with Crippen LogP contribution in [0, 0.1) is 11.3 Å². The van der Waals surface area contributed by atoms with E-state index in [1.807, 2.05) is 6.07 Å². The minimum atomic E-state index is -0.566.